The normalized spacial score (nSPS) is 18.3. The minimum Gasteiger partial charge on any atom is -0.323 e. The Labute approximate surface area is 157 Å². The third kappa shape index (κ3) is 4.33. The zero-order valence-corrected chi connectivity index (χ0v) is 15.6. The fourth-order valence-corrected chi connectivity index (χ4v) is 4.58. The lowest BCUT2D eigenvalue weighted by Gasteiger charge is -2.31. The molecule has 0 saturated carbocycles. The number of aryl methyl sites for hydroxylation is 1. The molecule has 1 atom stereocenters. The second-order valence-electron chi connectivity index (χ2n) is 6.63. The van der Waals surface area contributed by atoms with E-state index in [1.54, 1.807) is 24.3 Å². The Morgan fingerprint density at radius 3 is 2.52 bits per heavy atom. The van der Waals surface area contributed by atoms with E-state index in [1.807, 2.05) is 6.92 Å². The van der Waals surface area contributed by atoms with Crippen molar-refractivity contribution < 1.29 is 22.0 Å². The molecule has 0 unspecified atom stereocenters. The van der Waals surface area contributed by atoms with Crippen LogP contribution in [-0.2, 0) is 14.8 Å². The lowest BCUT2D eigenvalue weighted by Crippen LogP contribution is -2.43. The number of anilines is 1. The van der Waals surface area contributed by atoms with E-state index in [0.29, 0.717) is 25.5 Å². The van der Waals surface area contributed by atoms with Gasteiger partial charge in [0.15, 0.2) is 0 Å². The molecule has 3 rings (SSSR count). The number of halogens is 2. The van der Waals surface area contributed by atoms with Crippen molar-refractivity contribution in [3.63, 3.8) is 0 Å². The third-order valence-corrected chi connectivity index (χ3v) is 6.48. The van der Waals surface area contributed by atoms with E-state index in [-0.39, 0.29) is 17.1 Å². The first-order chi connectivity index (χ1) is 12.8. The number of carbonyl (C=O) groups is 1. The van der Waals surface area contributed by atoms with Crippen LogP contribution >= 0.6 is 0 Å². The quantitative estimate of drug-likeness (QED) is 0.865. The molecule has 1 aliphatic rings. The number of rotatable bonds is 4. The fourth-order valence-electron chi connectivity index (χ4n) is 3.06. The highest BCUT2D eigenvalue weighted by Crippen LogP contribution is 2.25. The summed E-state index contributed by atoms with van der Waals surface area (Å²) in [5, 5.41) is 2.42. The number of nitrogens with one attached hydrogen (secondary N) is 1. The molecular formula is C19H20F2N2O3S. The molecule has 1 aliphatic heterocycles. The van der Waals surface area contributed by atoms with Crippen LogP contribution in [0.2, 0.25) is 0 Å². The summed E-state index contributed by atoms with van der Waals surface area (Å²) in [6, 6.07) is 9.41. The summed E-state index contributed by atoms with van der Waals surface area (Å²) in [6.07, 6.45) is 1.02. The Hall–Kier alpha value is -2.32. The standard InChI is InChI=1S/C19H20F2N2O3S/c1-13-4-7-16(8-5-13)27(25,26)23-10-2-3-14(12-23)19(24)22-18-9-6-15(20)11-17(18)21/h4-9,11,14H,2-3,10,12H2,1H3,(H,22,24)/t14-/m1/s1. The van der Waals surface area contributed by atoms with Crippen LogP contribution in [0.25, 0.3) is 0 Å². The molecule has 2 aromatic rings. The van der Waals surface area contributed by atoms with Crippen LogP contribution in [0.3, 0.4) is 0 Å². The molecule has 0 aliphatic carbocycles. The van der Waals surface area contributed by atoms with Crippen LogP contribution in [0.1, 0.15) is 18.4 Å². The van der Waals surface area contributed by atoms with E-state index in [1.165, 1.54) is 4.31 Å². The van der Waals surface area contributed by atoms with E-state index < -0.39 is 33.5 Å². The molecule has 144 valence electrons. The van der Waals surface area contributed by atoms with Crippen molar-refractivity contribution in [2.24, 2.45) is 5.92 Å². The second kappa shape index (κ2) is 7.74. The average molecular weight is 394 g/mol. The van der Waals surface area contributed by atoms with E-state index in [9.17, 15) is 22.0 Å². The largest absolute Gasteiger partial charge is 0.323 e. The van der Waals surface area contributed by atoms with Gasteiger partial charge in [0.05, 0.1) is 16.5 Å². The minimum absolute atomic E-state index is 0.0187. The monoisotopic (exact) mass is 394 g/mol. The summed E-state index contributed by atoms with van der Waals surface area (Å²) in [7, 11) is -3.70. The van der Waals surface area contributed by atoms with Crippen molar-refractivity contribution >= 4 is 21.6 Å². The Kier molecular flexibility index (Phi) is 5.57. The maximum absolute atomic E-state index is 13.7. The smallest absolute Gasteiger partial charge is 0.243 e. The Morgan fingerprint density at radius 2 is 1.85 bits per heavy atom. The van der Waals surface area contributed by atoms with E-state index in [4.69, 9.17) is 0 Å². The number of nitrogens with zero attached hydrogens (tertiary/aromatic N) is 1. The minimum atomic E-state index is -3.70. The lowest BCUT2D eigenvalue weighted by atomic mass is 9.98. The number of piperidine rings is 1. The van der Waals surface area contributed by atoms with Crippen molar-refractivity contribution in [3.8, 4) is 0 Å². The number of sulfonamides is 1. The Bertz CT molecular complexity index is 946. The second-order valence-corrected chi connectivity index (χ2v) is 8.57. The van der Waals surface area contributed by atoms with Gasteiger partial charge >= 0.3 is 0 Å². The van der Waals surface area contributed by atoms with Gasteiger partial charge in [0.25, 0.3) is 0 Å². The van der Waals surface area contributed by atoms with E-state index in [2.05, 4.69) is 5.32 Å². The summed E-state index contributed by atoms with van der Waals surface area (Å²) >= 11 is 0. The lowest BCUT2D eigenvalue weighted by molar-refractivity contribution is -0.120. The molecular weight excluding hydrogens is 374 g/mol. The van der Waals surface area contributed by atoms with Crippen molar-refractivity contribution in [3.05, 3.63) is 59.7 Å². The zero-order valence-electron chi connectivity index (χ0n) is 14.8. The molecule has 5 nitrogen and oxygen atoms in total. The number of benzene rings is 2. The number of carbonyl (C=O) groups excluding carboxylic acids is 1. The van der Waals surface area contributed by atoms with Crippen molar-refractivity contribution in [2.75, 3.05) is 18.4 Å². The number of hydrogen-bond donors (Lipinski definition) is 1. The molecule has 8 heteroatoms. The highest BCUT2D eigenvalue weighted by Gasteiger charge is 2.33. The Morgan fingerprint density at radius 1 is 1.15 bits per heavy atom. The maximum atomic E-state index is 13.7. The van der Waals surface area contributed by atoms with Crippen LogP contribution in [0.5, 0.6) is 0 Å². The molecule has 1 heterocycles. The van der Waals surface area contributed by atoms with Gasteiger partial charge in [-0.2, -0.15) is 4.31 Å². The van der Waals surface area contributed by atoms with Gasteiger partial charge < -0.3 is 5.32 Å². The first-order valence-electron chi connectivity index (χ1n) is 8.60. The number of hydrogen-bond acceptors (Lipinski definition) is 3. The molecule has 1 N–H and O–H groups in total. The molecule has 0 spiro atoms. The third-order valence-electron chi connectivity index (χ3n) is 4.60. The summed E-state index contributed by atoms with van der Waals surface area (Å²) in [4.78, 5) is 12.6. The summed E-state index contributed by atoms with van der Waals surface area (Å²) < 4.78 is 53.6. The summed E-state index contributed by atoms with van der Waals surface area (Å²) in [5.74, 6) is -2.70. The van der Waals surface area contributed by atoms with Gasteiger partial charge in [0, 0.05) is 19.2 Å². The first-order valence-corrected chi connectivity index (χ1v) is 10.0. The van der Waals surface area contributed by atoms with Crippen LogP contribution < -0.4 is 5.32 Å². The number of amides is 1. The SMILES string of the molecule is Cc1ccc(S(=O)(=O)N2CCC[C@@H](C(=O)Nc3ccc(F)cc3F)C2)cc1. The average Bonchev–Trinajstić information content (AvgIpc) is 2.64. The van der Waals surface area contributed by atoms with E-state index >= 15 is 0 Å². The van der Waals surface area contributed by atoms with Gasteiger partial charge in [-0.05, 0) is 44.0 Å². The Balaban J connectivity index is 1.73. The molecule has 0 bridgehead atoms. The van der Waals surface area contributed by atoms with Crippen LogP contribution in [-0.4, -0.2) is 31.7 Å². The van der Waals surface area contributed by atoms with Crippen LogP contribution in [0, 0.1) is 24.5 Å². The highest BCUT2D eigenvalue weighted by molar-refractivity contribution is 7.89. The maximum Gasteiger partial charge on any atom is 0.243 e. The van der Waals surface area contributed by atoms with Gasteiger partial charge in [-0.1, -0.05) is 17.7 Å². The van der Waals surface area contributed by atoms with Gasteiger partial charge in [-0.15, -0.1) is 0 Å². The molecule has 1 saturated heterocycles. The zero-order chi connectivity index (χ0) is 19.6. The molecule has 2 aromatic carbocycles. The van der Waals surface area contributed by atoms with Gasteiger partial charge in [-0.25, -0.2) is 17.2 Å². The highest BCUT2D eigenvalue weighted by atomic mass is 32.2. The van der Waals surface area contributed by atoms with Gasteiger partial charge in [0.1, 0.15) is 11.6 Å². The topological polar surface area (TPSA) is 66.5 Å². The van der Waals surface area contributed by atoms with Crippen molar-refractivity contribution in [1.82, 2.24) is 4.31 Å². The summed E-state index contributed by atoms with van der Waals surface area (Å²) in [6.45, 7) is 2.21. The molecule has 0 radical (unpaired) electrons. The van der Waals surface area contributed by atoms with Crippen molar-refractivity contribution in [1.29, 1.82) is 0 Å². The van der Waals surface area contributed by atoms with E-state index in [0.717, 1.165) is 17.7 Å². The predicted octanol–water partition coefficient (Wildman–Crippen LogP) is 3.31. The van der Waals surface area contributed by atoms with Gasteiger partial charge in [0.2, 0.25) is 15.9 Å². The van der Waals surface area contributed by atoms with Gasteiger partial charge in [-0.3, -0.25) is 4.79 Å². The summed E-state index contributed by atoms with van der Waals surface area (Å²) in [5.41, 5.74) is 0.825. The molecule has 1 fully saturated rings. The van der Waals surface area contributed by atoms with Crippen LogP contribution in [0.4, 0.5) is 14.5 Å². The molecule has 1 amide bonds. The first kappa shape index (κ1) is 19.4. The molecule has 27 heavy (non-hydrogen) atoms. The molecule has 0 aromatic heterocycles. The van der Waals surface area contributed by atoms with Crippen LogP contribution in [0.15, 0.2) is 47.4 Å². The van der Waals surface area contributed by atoms with Crippen molar-refractivity contribution in [2.45, 2.75) is 24.7 Å². The fraction of sp³-hybridized carbons (Fsp3) is 0.316. The predicted molar refractivity (Wildman–Crippen MR) is 97.6 cm³/mol.